The standard InChI is InChI=1S/C13H18ClNO/c1-13(2,3)8-12(16)15-9-10-6-4-5-7-11(10)14/h4-7H,8-9H2,1-3H3,(H,15,16). The second-order valence-corrected chi connectivity index (χ2v) is 5.51. The van der Waals surface area contributed by atoms with Gasteiger partial charge in [0.05, 0.1) is 0 Å². The normalized spacial score (nSPS) is 11.2. The highest BCUT2D eigenvalue weighted by Crippen LogP contribution is 2.18. The first kappa shape index (κ1) is 13.0. The highest BCUT2D eigenvalue weighted by atomic mass is 35.5. The summed E-state index contributed by atoms with van der Waals surface area (Å²) >= 11 is 5.99. The van der Waals surface area contributed by atoms with Gasteiger partial charge in [0.25, 0.3) is 0 Å². The first-order chi connectivity index (χ1) is 7.38. The summed E-state index contributed by atoms with van der Waals surface area (Å²) in [7, 11) is 0. The maximum atomic E-state index is 11.6. The third kappa shape index (κ3) is 4.67. The molecule has 1 aromatic rings. The highest BCUT2D eigenvalue weighted by molar-refractivity contribution is 6.31. The third-order valence-corrected chi connectivity index (χ3v) is 2.49. The Morgan fingerprint density at radius 3 is 2.50 bits per heavy atom. The van der Waals surface area contributed by atoms with E-state index in [1.165, 1.54) is 0 Å². The second kappa shape index (κ2) is 5.35. The van der Waals surface area contributed by atoms with E-state index in [0.29, 0.717) is 18.0 Å². The van der Waals surface area contributed by atoms with E-state index in [2.05, 4.69) is 5.32 Å². The minimum atomic E-state index is 0.0184. The Bertz CT molecular complexity index is 368. The summed E-state index contributed by atoms with van der Waals surface area (Å²) in [5.74, 6) is 0.0624. The lowest BCUT2D eigenvalue weighted by atomic mass is 9.92. The van der Waals surface area contributed by atoms with Crippen molar-refractivity contribution >= 4 is 17.5 Å². The van der Waals surface area contributed by atoms with Gasteiger partial charge >= 0.3 is 0 Å². The Labute approximate surface area is 102 Å². The van der Waals surface area contributed by atoms with E-state index in [1.54, 1.807) is 0 Å². The predicted octanol–water partition coefficient (Wildman–Crippen LogP) is 3.39. The summed E-state index contributed by atoms with van der Waals surface area (Å²) in [5.41, 5.74) is 0.969. The number of benzene rings is 1. The third-order valence-electron chi connectivity index (χ3n) is 2.12. The lowest BCUT2D eigenvalue weighted by Crippen LogP contribution is -2.27. The number of amides is 1. The van der Waals surface area contributed by atoms with Crippen molar-refractivity contribution in [3.05, 3.63) is 34.9 Å². The van der Waals surface area contributed by atoms with Crippen molar-refractivity contribution in [2.24, 2.45) is 5.41 Å². The lowest BCUT2D eigenvalue weighted by Gasteiger charge is -2.17. The van der Waals surface area contributed by atoms with Gasteiger partial charge in [-0.05, 0) is 17.0 Å². The number of carbonyl (C=O) groups is 1. The topological polar surface area (TPSA) is 29.1 Å². The van der Waals surface area contributed by atoms with Gasteiger partial charge in [-0.1, -0.05) is 50.6 Å². The molecule has 0 atom stereocenters. The van der Waals surface area contributed by atoms with Crippen molar-refractivity contribution < 1.29 is 4.79 Å². The number of rotatable bonds is 3. The Balaban J connectivity index is 2.47. The van der Waals surface area contributed by atoms with Crippen LogP contribution in [-0.2, 0) is 11.3 Å². The maximum Gasteiger partial charge on any atom is 0.220 e. The van der Waals surface area contributed by atoms with Gasteiger partial charge in [-0.25, -0.2) is 0 Å². The van der Waals surface area contributed by atoms with Crippen molar-refractivity contribution in [2.45, 2.75) is 33.7 Å². The van der Waals surface area contributed by atoms with Crippen molar-refractivity contribution in [3.63, 3.8) is 0 Å². The van der Waals surface area contributed by atoms with Gasteiger partial charge in [0.15, 0.2) is 0 Å². The lowest BCUT2D eigenvalue weighted by molar-refractivity contribution is -0.122. The van der Waals surface area contributed by atoms with Gasteiger partial charge in [0.2, 0.25) is 5.91 Å². The molecule has 0 bridgehead atoms. The van der Waals surface area contributed by atoms with Crippen LogP contribution in [0.1, 0.15) is 32.8 Å². The van der Waals surface area contributed by atoms with Crippen LogP contribution in [0.2, 0.25) is 5.02 Å². The van der Waals surface area contributed by atoms with Gasteiger partial charge in [-0.3, -0.25) is 4.79 Å². The van der Waals surface area contributed by atoms with Gasteiger partial charge in [0, 0.05) is 18.0 Å². The minimum absolute atomic E-state index is 0.0184. The van der Waals surface area contributed by atoms with Gasteiger partial charge in [-0.2, -0.15) is 0 Å². The zero-order valence-electron chi connectivity index (χ0n) is 10.0. The Kier molecular flexibility index (Phi) is 4.36. The average Bonchev–Trinajstić information content (AvgIpc) is 2.14. The molecule has 1 N–H and O–H groups in total. The van der Waals surface area contributed by atoms with Crippen molar-refractivity contribution in [3.8, 4) is 0 Å². The van der Waals surface area contributed by atoms with Crippen molar-refractivity contribution in [1.29, 1.82) is 0 Å². The van der Waals surface area contributed by atoms with Gasteiger partial charge in [0.1, 0.15) is 0 Å². The molecular formula is C13H18ClNO. The average molecular weight is 240 g/mol. The summed E-state index contributed by atoms with van der Waals surface area (Å²) < 4.78 is 0. The molecule has 0 saturated carbocycles. The molecule has 0 saturated heterocycles. The summed E-state index contributed by atoms with van der Waals surface area (Å²) in [6.07, 6.45) is 0.525. The molecule has 3 heteroatoms. The van der Waals surface area contributed by atoms with Crippen LogP contribution in [0.15, 0.2) is 24.3 Å². The van der Waals surface area contributed by atoms with E-state index in [-0.39, 0.29) is 11.3 Å². The van der Waals surface area contributed by atoms with Crippen LogP contribution < -0.4 is 5.32 Å². The fraction of sp³-hybridized carbons (Fsp3) is 0.462. The van der Waals surface area contributed by atoms with Crippen LogP contribution in [-0.4, -0.2) is 5.91 Å². The molecule has 0 fully saturated rings. The predicted molar refractivity (Wildman–Crippen MR) is 67.4 cm³/mol. The summed E-state index contributed by atoms with van der Waals surface area (Å²) in [5, 5.41) is 3.57. The second-order valence-electron chi connectivity index (χ2n) is 5.11. The first-order valence-corrected chi connectivity index (χ1v) is 5.76. The molecule has 0 radical (unpaired) electrons. The molecule has 88 valence electrons. The summed E-state index contributed by atoms with van der Waals surface area (Å²) in [6, 6.07) is 7.53. The van der Waals surface area contributed by atoms with Crippen LogP contribution >= 0.6 is 11.6 Å². The molecule has 0 unspecified atom stereocenters. The molecule has 1 amide bonds. The molecule has 0 aliphatic carbocycles. The molecule has 0 aliphatic rings. The van der Waals surface area contributed by atoms with E-state index in [4.69, 9.17) is 11.6 Å². The first-order valence-electron chi connectivity index (χ1n) is 5.38. The number of halogens is 1. The Hall–Kier alpha value is -1.02. The molecule has 1 aromatic carbocycles. The molecule has 0 heterocycles. The summed E-state index contributed by atoms with van der Waals surface area (Å²) in [4.78, 5) is 11.6. The van der Waals surface area contributed by atoms with E-state index < -0.39 is 0 Å². The molecule has 0 aromatic heterocycles. The number of carbonyl (C=O) groups excluding carboxylic acids is 1. The van der Waals surface area contributed by atoms with E-state index in [0.717, 1.165) is 5.56 Å². The largest absolute Gasteiger partial charge is 0.352 e. The zero-order chi connectivity index (χ0) is 12.2. The van der Waals surface area contributed by atoms with Crippen LogP contribution in [0.25, 0.3) is 0 Å². The quantitative estimate of drug-likeness (QED) is 0.861. The van der Waals surface area contributed by atoms with Crippen LogP contribution in [0.3, 0.4) is 0 Å². The number of hydrogen-bond donors (Lipinski definition) is 1. The highest BCUT2D eigenvalue weighted by Gasteiger charge is 2.15. The van der Waals surface area contributed by atoms with Crippen molar-refractivity contribution in [1.82, 2.24) is 5.32 Å². The number of hydrogen-bond acceptors (Lipinski definition) is 1. The van der Waals surface area contributed by atoms with E-state index >= 15 is 0 Å². The molecule has 16 heavy (non-hydrogen) atoms. The van der Waals surface area contributed by atoms with Crippen LogP contribution in [0, 0.1) is 5.41 Å². The summed E-state index contributed by atoms with van der Waals surface area (Å²) in [6.45, 7) is 6.63. The molecule has 1 rings (SSSR count). The maximum absolute atomic E-state index is 11.6. The van der Waals surface area contributed by atoms with Crippen LogP contribution in [0.5, 0.6) is 0 Å². The SMILES string of the molecule is CC(C)(C)CC(=O)NCc1ccccc1Cl. The van der Waals surface area contributed by atoms with E-state index in [9.17, 15) is 4.79 Å². The van der Waals surface area contributed by atoms with Crippen LogP contribution in [0.4, 0.5) is 0 Å². The monoisotopic (exact) mass is 239 g/mol. The van der Waals surface area contributed by atoms with E-state index in [1.807, 2.05) is 45.0 Å². The minimum Gasteiger partial charge on any atom is -0.352 e. The zero-order valence-corrected chi connectivity index (χ0v) is 10.8. The fourth-order valence-corrected chi connectivity index (χ4v) is 1.58. The molecular weight excluding hydrogens is 222 g/mol. The van der Waals surface area contributed by atoms with Crippen molar-refractivity contribution in [2.75, 3.05) is 0 Å². The molecule has 0 aliphatic heterocycles. The smallest absolute Gasteiger partial charge is 0.220 e. The Morgan fingerprint density at radius 2 is 1.94 bits per heavy atom. The Morgan fingerprint density at radius 1 is 1.31 bits per heavy atom. The molecule has 2 nitrogen and oxygen atoms in total. The molecule has 0 spiro atoms. The number of nitrogens with one attached hydrogen (secondary N) is 1. The fourth-order valence-electron chi connectivity index (χ4n) is 1.38. The van der Waals surface area contributed by atoms with Gasteiger partial charge < -0.3 is 5.32 Å². The van der Waals surface area contributed by atoms with Gasteiger partial charge in [-0.15, -0.1) is 0 Å².